The van der Waals surface area contributed by atoms with Crippen LogP contribution < -0.4 is 5.32 Å². The number of hydrogen-bond acceptors (Lipinski definition) is 2. The summed E-state index contributed by atoms with van der Waals surface area (Å²) in [6.45, 7) is 10.7. The average molecular weight is 274 g/mol. The Bertz CT molecular complexity index is 394. The highest BCUT2D eigenvalue weighted by atomic mass is 15.1. The van der Waals surface area contributed by atoms with Crippen molar-refractivity contribution in [1.29, 1.82) is 0 Å². The standard InChI is InChI=1S/C18H30N2/c1-18(2,3)17(19-4)11-13-20-12-10-16(14-20)15-8-6-5-7-9-15/h5-9,16-17,19H,10-14H2,1-4H3. The van der Waals surface area contributed by atoms with Gasteiger partial charge in [0.15, 0.2) is 0 Å². The van der Waals surface area contributed by atoms with E-state index in [0.29, 0.717) is 11.5 Å². The van der Waals surface area contributed by atoms with Crippen molar-refractivity contribution < 1.29 is 0 Å². The molecule has 2 unspecified atom stereocenters. The molecule has 1 saturated heterocycles. The minimum atomic E-state index is 0.341. The summed E-state index contributed by atoms with van der Waals surface area (Å²) in [6.07, 6.45) is 2.55. The van der Waals surface area contributed by atoms with E-state index in [0.717, 1.165) is 5.92 Å². The highest BCUT2D eigenvalue weighted by Gasteiger charge is 2.27. The predicted molar refractivity (Wildman–Crippen MR) is 87.2 cm³/mol. The third kappa shape index (κ3) is 4.07. The molecule has 1 aliphatic rings. The van der Waals surface area contributed by atoms with Gasteiger partial charge in [0.05, 0.1) is 0 Å². The first-order chi connectivity index (χ1) is 9.50. The van der Waals surface area contributed by atoms with Crippen LogP contribution in [-0.4, -0.2) is 37.6 Å². The van der Waals surface area contributed by atoms with E-state index in [4.69, 9.17) is 0 Å². The maximum Gasteiger partial charge on any atom is 0.0125 e. The Morgan fingerprint density at radius 3 is 2.55 bits per heavy atom. The molecule has 1 heterocycles. The summed E-state index contributed by atoms with van der Waals surface area (Å²) in [4.78, 5) is 2.63. The van der Waals surface area contributed by atoms with Gasteiger partial charge < -0.3 is 10.2 Å². The lowest BCUT2D eigenvalue weighted by molar-refractivity contribution is 0.229. The summed E-state index contributed by atoms with van der Waals surface area (Å²) >= 11 is 0. The quantitative estimate of drug-likeness (QED) is 0.884. The molecule has 20 heavy (non-hydrogen) atoms. The molecule has 0 spiro atoms. The van der Waals surface area contributed by atoms with Crippen molar-refractivity contribution in [1.82, 2.24) is 10.2 Å². The van der Waals surface area contributed by atoms with E-state index < -0.39 is 0 Å². The van der Waals surface area contributed by atoms with Crippen molar-refractivity contribution >= 4 is 0 Å². The molecule has 1 aliphatic heterocycles. The lowest BCUT2D eigenvalue weighted by atomic mass is 9.85. The van der Waals surface area contributed by atoms with Gasteiger partial charge in [-0.15, -0.1) is 0 Å². The molecule has 1 aromatic carbocycles. The van der Waals surface area contributed by atoms with Crippen LogP contribution in [0.25, 0.3) is 0 Å². The van der Waals surface area contributed by atoms with E-state index >= 15 is 0 Å². The molecular weight excluding hydrogens is 244 g/mol. The number of nitrogens with one attached hydrogen (secondary N) is 1. The van der Waals surface area contributed by atoms with Crippen molar-refractivity contribution in [3.05, 3.63) is 35.9 Å². The fraction of sp³-hybridized carbons (Fsp3) is 0.667. The van der Waals surface area contributed by atoms with Gasteiger partial charge in [-0.2, -0.15) is 0 Å². The summed E-state index contributed by atoms with van der Waals surface area (Å²) in [7, 11) is 2.09. The number of benzene rings is 1. The van der Waals surface area contributed by atoms with Crippen LogP contribution in [0, 0.1) is 5.41 Å². The van der Waals surface area contributed by atoms with Gasteiger partial charge in [0, 0.05) is 12.6 Å². The van der Waals surface area contributed by atoms with E-state index in [1.54, 1.807) is 0 Å². The number of nitrogens with zero attached hydrogens (tertiary/aromatic N) is 1. The van der Waals surface area contributed by atoms with E-state index in [9.17, 15) is 0 Å². The second-order valence-electron chi connectivity index (χ2n) is 7.19. The first kappa shape index (κ1) is 15.5. The Balaban J connectivity index is 1.82. The van der Waals surface area contributed by atoms with E-state index in [1.807, 2.05) is 0 Å². The van der Waals surface area contributed by atoms with Crippen molar-refractivity contribution in [2.75, 3.05) is 26.7 Å². The summed E-state index contributed by atoms with van der Waals surface area (Å²) in [5.74, 6) is 0.735. The number of hydrogen-bond donors (Lipinski definition) is 1. The summed E-state index contributed by atoms with van der Waals surface area (Å²) in [5.41, 5.74) is 1.85. The molecule has 1 aromatic rings. The van der Waals surface area contributed by atoms with Gasteiger partial charge in [-0.05, 0) is 49.9 Å². The topological polar surface area (TPSA) is 15.3 Å². The maximum absolute atomic E-state index is 3.48. The monoisotopic (exact) mass is 274 g/mol. The zero-order valence-corrected chi connectivity index (χ0v) is 13.5. The predicted octanol–water partition coefficient (Wildman–Crippen LogP) is 3.50. The van der Waals surface area contributed by atoms with Crippen LogP contribution in [0.5, 0.6) is 0 Å². The summed E-state index contributed by atoms with van der Waals surface area (Å²) in [5, 5.41) is 3.48. The van der Waals surface area contributed by atoms with Crippen LogP contribution in [0.1, 0.15) is 45.1 Å². The molecule has 2 atom stereocenters. The fourth-order valence-corrected chi connectivity index (χ4v) is 3.36. The van der Waals surface area contributed by atoms with Crippen molar-refractivity contribution in [3.8, 4) is 0 Å². The SMILES string of the molecule is CNC(CCN1CCC(c2ccccc2)C1)C(C)(C)C. The summed E-state index contributed by atoms with van der Waals surface area (Å²) < 4.78 is 0. The van der Waals surface area contributed by atoms with Crippen LogP contribution in [0.15, 0.2) is 30.3 Å². The Kier molecular flexibility index (Phi) is 5.22. The molecule has 2 heteroatoms. The molecular formula is C18H30N2. The third-order valence-corrected chi connectivity index (χ3v) is 4.67. The third-order valence-electron chi connectivity index (χ3n) is 4.67. The molecule has 0 saturated carbocycles. The Labute approximate surface area is 124 Å². The van der Waals surface area contributed by atoms with Gasteiger partial charge in [0.25, 0.3) is 0 Å². The zero-order valence-electron chi connectivity index (χ0n) is 13.5. The van der Waals surface area contributed by atoms with Gasteiger partial charge >= 0.3 is 0 Å². The minimum absolute atomic E-state index is 0.341. The lowest BCUT2D eigenvalue weighted by Gasteiger charge is -2.32. The zero-order chi connectivity index (χ0) is 14.6. The first-order valence-electron chi connectivity index (χ1n) is 7.95. The molecule has 1 fully saturated rings. The lowest BCUT2D eigenvalue weighted by Crippen LogP contribution is -2.40. The van der Waals surface area contributed by atoms with Gasteiger partial charge in [-0.1, -0.05) is 51.1 Å². The van der Waals surface area contributed by atoms with Crippen molar-refractivity contribution in [2.45, 2.75) is 45.6 Å². The average Bonchev–Trinajstić information content (AvgIpc) is 2.88. The Morgan fingerprint density at radius 1 is 1.25 bits per heavy atom. The molecule has 0 aromatic heterocycles. The molecule has 2 rings (SSSR count). The molecule has 0 aliphatic carbocycles. The van der Waals surface area contributed by atoms with Gasteiger partial charge in [0.1, 0.15) is 0 Å². The fourth-order valence-electron chi connectivity index (χ4n) is 3.36. The smallest absolute Gasteiger partial charge is 0.0125 e. The minimum Gasteiger partial charge on any atom is -0.316 e. The van der Waals surface area contributed by atoms with E-state index in [-0.39, 0.29) is 0 Å². The number of likely N-dealkylation sites (tertiary alicyclic amines) is 1. The first-order valence-corrected chi connectivity index (χ1v) is 7.95. The molecule has 1 N–H and O–H groups in total. The highest BCUT2D eigenvalue weighted by molar-refractivity contribution is 5.20. The highest BCUT2D eigenvalue weighted by Crippen LogP contribution is 2.28. The van der Waals surface area contributed by atoms with Crippen LogP contribution in [0.3, 0.4) is 0 Å². The largest absolute Gasteiger partial charge is 0.316 e. The van der Waals surface area contributed by atoms with Gasteiger partial charge in [-0.3, -0.25) is 0 Å². The van der Waals surface area contributed by atoms with Crippen molar-refractivity contribution in [2.24, 2.45) is 5.41 Å². The van der Waals surface area contributed by atoms with Crippen LogP contribution in [-0.2, 0) is 0 Å². The van der Waals surface area contributed by atoms with Gasteiger partial charge in [0.2, 0.25) is 0 Å². The normalized spacial score (nSPS) is 22.1. The molecule has 112 valence electrons. The van der Waals surface area contributed by atoms with Crippen LogP contribution in [0.2, 0.25) is 0 Å². The Hall–Kier alpha value is -0.860. The van der Waals surface area contributed by atoms with Crippen LogP contribution >= 0.6 is 0 Å². The van der Waals surface area contributed by atoms with Gasteiger partial charge in [-0.25, -0.2) is 0 Å². The van der Waals surface area contributed by atoms with E-state index in [2.05, 4.69) is 68.4 Å². The number of rotatable bonds is 5. The van der Waals surface area contributed by atoms with Crippen LogP contribution in [0.4, 0.5) is 0 Å². The van der Waals surface area contributed by atoms with E-state index in [1.165, 1.54) is 38.0 Å². The molecule has 0 bridgehead atoms. The van der Waals surface area contributed by atoms with Crippen molar-refractivity contribution in [3.63, 3.8) is 0 Å². The second kappa shape index (κ2) is 6.73. The maximum atomic E-state index is 3.48. The second-order valence-corrected chi connectivity index (χ2v) is 7.19. The molecule has 0 amide bonds. The summed E-state index contributed by atoms with van der Waals surface area (Å²) in [6, 6.07) is 11.6. The molecule has 0 radical (unpaired) electrons. The molecule has 2 nitrogen and oxygen atoms in total. The Morgan fingerprint density at radius 2 is 1.95 bits per heavy atom.